The van der Waals surface area contributed by atoms with E-state index in [1.165, 1.54) is 6.42 Å². The zero-order valence-electron chi connectivity index (χ0n) is 17.6. The van der Waals surface area contributed by atoms with E-state index >= 15 is 0 Å². The summed E-state index contributed by atoms with van der Waals surface area (Å²) in [6.07, 6.45) is 5.19. The van der Waals surface area contributed by atoms with Crippen molar-refractivity contribution in [1.29, 1.82) is 0 Å². The van der Waals surface area contributed by atoms with Crippen molar-refractivity contribution in [3.05, 3.63) is 70.0 Å². The summed E-state index contributed by atoms with van der Waals surface area (Å²) in [6, 6.07) is 15.3. The van der Waals surface area contributed by atoms with Crippen LogP contribution in [0.4, 0.5) is 5.69 Å². The maximum absolute atomic E-state index is 13.5. The second kappa shape index (κ2) is 8.74. The number of hydrogen-bond acceptors (Lipinski definition) is 3. The van der Waals surface area contributed by atoms with Gasteiger partial charge in [-0.15, -0.1) is 0 Å². The van der Waals surface area contributed by atoms with E-state index < -0.39 is 0 Å². The van der Waals surface area contributed by atoms with Crippen molar-refractivity contribution in [2.24, 2.45) is 5.92 Å². The molecule has 0 unspecified atom stereocenters. The number of para-hydroxylation sites is 1. The van der Waals surface area contributed by atoms with Crippen molar-refractivity contribution in [2.75, 3.05) is 12.0 Å². The quantitative estimate of drug-likeness (QED) is 0.654. The van der Waals surface area contributed by atoms with Crippen LogP contribution in [0.1, 0.15) is 43.2 Å². The number of aromatic nitrogens is 1. The third kappa shape index (κ3) is 4.11. The number of carbonyl (C=O) groups is 1. The third-order valence-corrected chi connectivity index (χ3v) is 6.10. The minimum absolute atomic E-state index is 0.0163. The predicted octanol–water partition coefficient (Wildman–Crippen LogP) is 4.96. The summed E-state index contributed by atoms with van der Waals surface area (Å²) in [5.74, 6) is 0.856. The van der Waals surface area contributed by atoms with E-state index in [4.69, 9.17) is 4.74 Å². The van der Waals surface area contributed by atoms with Crippen LogP contribution in [-0.4, -0.2) is 18.0 Å². The molecule has 1 saturated carbocycles. The largest absolute Gasteiger partial charge is 0.497 e. The van der Waals surface area contributed by atoms with E-state index in [1.807, 2.05) is 55.5 Å². The van der Waals surface area contributed by atoms with Crippen molar-refractivity contribution in [3.63, 3.8) is 0 Å². The molecule has 1 aliphatic rings. The number of anilines is 1. The smallest absolute Gasteiger partial charge is 0.253 e. The number of pyridine rings is 1. The van der Waals surface area contributed by atoms with Gasteiger partial charge < -0.3 is 14.6 Å². The van der Waals surface area contributed by atoms with Crippen LogP contribution in [-0.2, 0) is 11.3 Å². The summed E-state index contributed by atoms with van der Waals surface area (Å²) in [7, 11) is 1.62. The predicted molar refractivity (Wildman–Crippen MR) is 120 cm³/mol. The number of nitrogens with zero attached hydrogens (tertiary/aromatic N) is 1. The number of H-pyrrole nitrogens is 1. The lowest BCUT2D eigenvalue weighted by molar-refractivity contribution is -0.123. The number of ether oxygens (including phenoxy) is 1. The number of nitrogens with one attached hydrogen (secondary N) is 1. The maximum Gasteiger partial charge on any atom is 0.253 e. The van der Waals surface area contributed by atoms with Crippen LogP contribution >= 0.6 is 0 Å². The van der Waals surface area contributed by atoms with E-state index in [9.17, 15) is 9.59 Å². The number of methoxy groups -OCH3 is 1. The molecule has 1 fully saturated rings. The number of aryl methyl sites for hydroxylation is 1. The van der Waals surface area contributed by atoms with Crippen molar-refractivity contribution in [1.82, 2.24) is 4.98 Å². The average Bonchev–Trinajstić information content (AvgIpc) is 2.78. The standard InChI is InChI=1S/C25H28N2O3/c1-17-7-6-10-19-15-20(24(28)26-23(17)19)16-27(21-11-13-22(30-2)14-12-21)25(29)18-8-4-3-5-9-18/h6-7,10-15,18H,3-5,8-9,16H2,1-2H3,(H,26,28). The van der Waals surface area contributed by atoms with Crippen LogP contribution in [0.25, 0.3) is 10.9 Å². The monoisotopic (exact) mass is 404 g/mol. The van der Waals surface area contributed by atoms with Gasteiger partial charge in [0.25, 0.3) is 5.56 Å². The van der Waals surface area contributed by atoms with E-state index in [0.717, 1.165) is 53.6 Å². The normalized spacial score (nSPS) is 14.6. The van der Waals surface area contributed by atoms with Crippen LogP contribution in [0.15, 0.2) is 53.3 Å². The third-order valence-electron chi connectivity index (χ3n) is 6.10. The van der Waals surface area contributed by atoms with Crippen LogP contribution < -0.4 is 15.2 Å². The van der Waals surface area contributed by atoms with Crippen LogP contribution in [0, 0.1) is 12.8 Å². The van der Waals surface area contributed by atoms with Gasteiger partial charge in [-0.3, -0.25) is 9.59 Å². The van der Waals surface area contributed by atoms with Crippen molar-refractivity contribution in [3.8, 4) is 5.75 Å². The molecule has 5 heteroatoms. The second-order valence-corrected chi connectivity index (χ2v) is 8.12. The van der Waals surface area contributed by atoms with Crippen LogP contribution in [0.3, 0.4) is 0 Å². The highest BCUT2D eigenvalue weighted by Crippen LogP contribution is 2.29. The highest BCUT2D eigenvalue weighted by molar-refractivity contribution is 5.95. The van der Waals surface area contributed by atoms with Gasteiger partial charge >= 0.3 is 0 Å². The van der Waals surface area contributed by atoms with Gasteiger partial charge in [-0.1, -0.05) is 37.5 Å². The van der Waals surface area contributed by atoms with Gasteiger partial charge in [0.1, 0.15) is 5.75 Å². The molecule has 1 aromatic heterocycles. The zero-order chi connectivity index (χ0) is 21.1. The molecular formula is C25H28N2O3. The lowest BCUT2D eigenvalue weighted by atomic mass is 9.88. The Morgan fingerprint density at radius 2 is 1.83 bits per heavy atom. The maximum atomic E-state index is 13.5. The number of aromatic amines is 1. The molecule has 1 heterocycles. The fraction of sp³-hybridized carbons (Fsp3) is 0.360. The summed E-state index contributed by atoms with van der Waals surface area (Å²) in [6.45, 7) is 2.23. The van der Waals surface area contributed by atoms with E-state index in [2.05, 4.69) is 4.98 Å². The van der Waals surface area contributed by atoms with Crippen molar-refractivity contribution >= 4 is 22.5 Å². The number of fused-ring (bicyclic) bond motifs is 1. The Balaban J connectivity index is 1.71. The van der Waals surface area contributed by atoms with Gasteiger partial charge in [0.05, 0.1) is 19.2 Å². The highest BCUT2D eigenvalue weighted by atomic mass is 16.5. The average molecular weight is 405 g/mol. The minimum Gasteiger partial charge on any atom is -0.497 e. The van der Waals surface area contributed by atoms with E-state index in [1.54, 1.807) is 12.0 Å². The Morgan fingerprint density at radius 3 is 2.53 bits per heavy atom. The van der Waals surface area contributed by atoms with Crippen LogP contribution in [0.5, 0.6) is 5.75 Å². The molecule has 1 amide bonds. The SMILES string of the molecule is COc1ccc(N(Cc2cc3cccc(C)c3[nH]c2=O)C(=O)C2CCCCC2)cc1. The fourth-order valence-electron chi connectivity index (χ4n) is 4.34. The van der Waals surface area contributed by atoms with Crippen LogP contribution in [0.2, 0.25) is 0 Å². The lowest BCUT2D eigenvalue weighted by Crippen LogP contribution is -2.38. The molecule has 156 valence electrons. The fourth-order valence-corrected chi connectivity index (χ4v) is 4.34. The molecule has 30 heavy (non-hydrogen) atoms. The zero-order valence-corrected chi connectivity index (χ0v) is 17.6. The number of carbonyl (C=O) groups excluding carboxylic acids is 1. The van der Waals surface area contributed by atoms with Gasteiger partial charge in [-0.2, -0.15) is 0 Å². The highest BCUT2D eigenvalue weighted by Gasteiger charge is 2.27. The van der Waals surface area contributed by atoms with Gasteiger partial charge in [-0.05, 0) is 61.0 Å². The molecule has 1 aliphatic carbocycles. The first-order chi connectivity index (χ1) is 14.6. The van der Waals surface area contributed by atoms with Gasteiger partial charge in [0, 0.05) is 17.2 Å². The van der Waals surface area contributed by atoms with Crippen molar-refractivity contribution in [2.45, 2.75) is 45.6 Å². The molecule has 0 atom stereocenters. The topological polar surface area (TPSA) is 62.4 Å². The lowest BCUT2D eigenvalue weighted by Gasteiger charge is -2.29. The molecule has 3 aromatic rings. The molecule has 0 radical (unpaired) electrons. The molecular weight excluding hydrogens is 376 g/mol. The van der Waals surface area contributed by atoms with Gasteiger partial charge in [-0.25, -0.2) is 0 Å². The summed E-state index contributed by atoms with van der Waals surface area (Å²) in [5.41, 5.74) is 3.11. The molecule has 0 aliphatic heterocycles. The molecule has 4 rings (SSSR count). The molecule has 0 spiro atoms. The first-order valence-corrected chi connectivity index (χ1v) is 10.6. The second-order valence-electron chi connectivity index (χ2n) is 8.12. The first kappa shape index (κ1) is 20.2. The number of benzene rings is 2. The van der Waals surface area contributed by atoms with E-state index in [0.29, 0.717) is 5.56 Å². The minimum atomic E-state index is -0.147. The number of rotatable bonds is 5. The summed E-state index contributed by atoms with van der Waals surface area (Å²) >= 11 is 0. The Labute approximate surface area is 176 Å². The summed E-state index contributed by atoms with van der Waals surface area (Å²) in [5, 5.41) is 0.976. The van der Waals surface area contributed by atoms with Gasteiger partial charge in [0.15, 0.2) is 0 Å². The molecule has 5 nitrogen and oxygen atoms in total. The Kier molecular flexibility index (Phi) is 5.88. The van der Waals surface area contributed by atoms with E-state index in [-0.39, 0.29) is 23.9 Å². The Bertz CT molecular complexity index is 1100. The molecule has 2 aromatic carbocycles. The number of amides is 1. The Morgan fingerprint density at radius 1 is 1.10 bits per heavy atom. The molecule has 1 N–H and O–H groups in total. The van der Waals surface area contributed by atoms with Crippen molar-refractivity contribution < 1.29 is 9.53 Å². The molecule has 0 saturated heterocycles. The number of hydrogen-bond donors (Lipinski definition) is 1. The first-order valence-electron chi connectivity index (χ1n) is 10.6. The Hall–Kier alpha value is -3.08. The summed E-state index contributed by atoms with van der Waals surface area (Å²) in [4.78, 5) is 31.1. The molecule has 0 bridgehead atoms. The summed E-state index contributed by atoms with van der Waals surface area (Å²) < 4.78 is 5.26. The van der Waals surface area contributed by atoms with Gasteiger partial charge in [0.2, 0.25) is 5.91 Å².